The van der Waals surface area contributed by atoms with Crippen LogP contribution in [0.3, 0.4) is 0 Å². The van der Waals surface area contributed by atoms with Crippen molar-refractivity contribution in [2.75, 3.05) is 0 Å². The van der Waals surface area contributed by atoms with Crippen LogP contribution in [0, 0.1) is 6.92 Å². The molecule has 0 spiro atoms. The summed E-state index contributed by atoms with van der Waals surface area (Å²) in [5.74, 6) is 0. The van der Waals surface area contributed by atoms with Crippen molar-refractivity contribution < 1.29 is 0 Å². The first kappa shape index (κ1) is 12.2. The summed E-state index contributed by atoms with van der Waals surface area (Å²) in [6.45, 7) is 2.15. The average molecular weight is 268 g/mol. The highest BCUT2D eigenvalue weighted by atomic mass is 14.1. The van der Waals surface area contributed by atoms with E-state index in [1.807, 2.05) is 0 Å². The van der Waals surface area contributed by atoms with Crippen LogP contribution >= 0.6 is 0 Å². The number of benzene rings is 4. The molecule has 0 radical (unpaired) electrons. The molecule has 100 valence electrons. The molecule has 0 heterocycles. The predicted molar refractivity (Wildman–Crippen MR) is 91.6 cm³/mol. The van der Waals surface area contributed by atoms with Crippen molar-refractivity contribution in [1.82, 2.24) is 0 Å². The molecule has 0 aliphatic rings. The Bertz CT molecular complexity index is 934. The molecule has 0 bridgehead atoms. The quantitative estimate of drug-likeness (QED) is 0.373. The van der Waals surface area contributed by atoms with Gasteiger partial charge in [0.1, 0.15) is 0 Å². The van der Waals surface area contributed by atoms with Gasteiger partial charge in [0.2, 0.25) is 0 Å². The number of fused-ring (bicyclic) bond motifs is 3. The van der Waals surface area contributed by atoms with Gasteiger partial charge in [0.15, 0.2) is 0 Å². The molecular formula is C21H16. The lowest BCUT2D eigenvalue weighted by Crippen LogP contribution is -1.85. The second kappa shape index (κ2) is 4.75. The minimum absolute atomic E-state index is 1.27. The Hall–Kier alpha value is -2.60. The molecule has 0 amide bonds. The lowest BCUT2D eigenvalue weighted by atomic mass is 9.93. The largest absolute Gasteiger partial charge is 0.0622 e. The molecule has 0 saturated carbocycles. The Morgan fingerprint density at radius 3 is 2.10 bits per heavy atom. The molecule has 21 heavy (non-hydrogen) atoms. The van der Waals surface area contributed by atoms with Gasteiger partial charge >= 0.3 is 0 Å². The van der Waals surface area contributed by atoms with E-state index >= 15 is 0 Å². The highest BCUT2D eigenvalue weighted by Crippen LogP contribution is 2.35. The van der Waals surface area contributed by atoms with Gasteiger partial charge in [0, 0.05) is 0 Å². The van der Waals surface area contributed by atoms with Crippen molar-refractivity contribution in [3.63, 3.8) is 0 Å². The molecule has 0 saturated heterocycles. The number of aryl methyl sites for hydroxylation is 1. The van der Waals surface area contributed by atoms with Crippen LogP contribution in [0.1, 0.15) is 5.56 Å². The SMILES string of the molecule is Cc1ccc2cc(-c3ccccc3)c3ccccc3c2c1. The van der Waals surface area contributed by atoms with Crippen LogP contribution in [-0.4, -0.2) is 0 Å². The monoisotopic (exact) mass is 268 g/mol. The summed E-state index contributed by atoms with van der Waals surface area (Å²) in [4.78, 5) is 0. The summed E-state index contributed by atoms with van der Waals surface area (Å²) in [6.07, 6.45) is 0. The average Bonchev–Trinajstić information content (AvgIpc) is 2.55. The zero-order valence-corrected chi connectivity index (χ0v) is 12.0. The molecule has 0 aromatic heterocycles. The smallest absolute Gasteiger partial charge is 0.00990 e. The Balaban J connectivity index is 2.18. The topological polar surface area (TPSA) is 0 Å². The van der Waals surface area contributed by atoms with E-state index in [0.29, 0.717) is 0 Å². The maximum absolute atomic E-state index is 2.31. The van der Waals surface area contributed by atoms with Gasteiger partial charge in [-0.2, -0.15) is 0 Å². The molecule has 4 aromatic rings. The summed E-state index contributed by atoms with van der Waals surface area (Å²) in [5.41, 5.74) is 3.89. The fourth-order valence-electron chi connectivity index (χ4n) is 3.07. The Labute approximate surface area is 124 Å². The molecule has 4 rings (SSSR count). The van der Waals surface area contributed by atoms with Crippen molar-refractivity contribution in [1.29, 1.82) is 0 Å². The van der Waals surface area contributed by atoms with Crippen molar-refractivity contribution in [2.45, 2.75) is 6.92 Å². The van der Waals surface area contributed by atoms with Gasteiger partial charge < -0.3 is 0 Å². The molecule has 0 fully saturated rings. The maximum atomic E-state index is 2.31. The molecule has 4 aromatic carbocycles. The van der Waals surface area contributed by atoms with E-state index in [1.165, 1.54) is 38.2 Å². The van der Waals surface area contributed by atoms with Crippen molar-refractivity contribution in [2.24, 2.45) is 0 Å². The maximum Gasteiger partial charge on any atom is -0.00990 e. The molecule has 0 N–H and O–H groups in total. The summed E-state index contributed by atoms with van der Waals surface area (Å²) >= 11 is 0. The molecule has 0 aliphatic heterocycles. The molecular weight excluding hydrogens is 252 g/mol. The van der Waals surface area contributed by atoms with Crippen LogP contribution in [0.2, 0.25) is 0 Å². The third-order valence-electron chi connectivity index (χ3n) is 4.10. The standard InChI is InChI=1S/C21H16/c1-15-11-12-17-14-21(16-7-3-2-4-8-16)19-10-6-5-9-18(19)20(17)13-15/h2-14H,1H3. The van der Waals surface area contributed by atoms with Gasteiger partial charge in [-0.1, -0.05) is 78.4 Å². The first-order chi connectivity index (χ1) is 10.3. The Morgan fingerprint density at radius 2 is 1.29 bits per heavy atom. The summed E-state index contributed by atoms with van der Waals surface area (Å²) < 4.78 is 0. The highest BCUT2D eigenvalue weighted by Gasteiger charge is 2.07. The minimum Gasteiger partial charge on any atom is -0.0622 e. The van der Waals surface area contributed by atoms with Crippen LogP contribution < -0.4 is 0 Å². The van der Waals surface area contributed by atoms with Gasteiger partial charge in [0.25, 0.3) is 0 Å². The molecule has 0 atom stereocenters. The van der Waals surface area contributed by atoms with Gasteiger partial charge in [0.05, 0.1) is 0 Å². The summed E-state index contributed by atoms with van der Waals surface area (Å²) in [6, 6.07) is 28.3. The first-order valence-corrected chi connectivity index (χ1v) is 7.30. The number of hydrogen-bond acceptors (Lipinski definition) is 0. The minimum atomic E-state index is 1.27. The van der Waals surface area contributed by atoms with Gasteiger partial charge in [-0.25, -0.2) is 0 Å². The van der Waals surface area contributed by atoms with Gasteiger partial charge in [-0.3, -0.25) is 0 Å². The van der Waals surface area contributed by atoms with E-state index in [2.05, 4.69) is 85.8 Å². The molecule has 0 nitrogen and oxygen atoms in total. The van der Waals surface area contributed by atoms with Crippen LogP contribution in [0.4, 0.5) is 0 Å². The fraction of sp³-hybridized carbons (Fsp3) is 0.0476. The van der Waals surface area contributed by atoms with Crippen LogP contribution in [0.5, 0.6) is 0 Å². The van der Waals surface area contributed by atoms with Crippen LogP contribution in [-0.2, 0) is 0 Å². The van der Waals surface area contributed by atoms with E-state index in [0.717, 1.165) is 0 Å². The summed E-state index contributed by atoms with van der Waals surface area (Å²) in [7, 11) is 0. The normalized spacial score (nSPS) is 11.1. The third-order valence-corrected chi connectivity index (χ3v) is 4.10. The summed E-state index contributed by atoms with van der Waals surface area (Å²) in [5, 5.41) is 5.29. The van der Waals surface area contributed by atoms with E-state index in [-0.39, 0.29) is 0 Å². The third kappa shape index (κ3) is 2.00. The highest BCUT2D eigenvalue weighted by molar-refractivity contribution is 6.13. The van der Waals surface area contributed by atoms with Gasteiger partial charge in [-0.15, -0.1) is 0 Å². The molecule has 0 unspecified atom stereocenters. The zero-order valence-electron chi connectivity index (χ0n) is 12.0. The van der Waals surface area contributed by atoms with Crippen LogP contribution in [0.15, 0.2) is 78.9 Å². The second-order valence-electron chi connectivity index (χ2n) is 5.56. The predicted octanol–water partition coefficient (Wildman–Crippen LogP) is 5.97. The van der Waals surface area contributed by atoms with Crippen molar-refractivity contribution in [3.05, 3.63) is 84.4 Å². The fourth-order valence-corrected chi connectivity index (χ4v) is 3.07. The van der Waals surface area contributed by atoms with E-state index in [1.54, 1.807) is 0 Å². The second-order valence-corrected chi connectivity index (χ2v) is 5.56. The zero-order chi connectivity index (χ0) is 14.2. The number of rotatable bonds is 1. The van der Waals surface area contributed by atoms with Gasteiger partial charge in [-0.05, 0) is 45.7 Å². The van der Waals surface area contributed by atoms with Crippen molar-refractivity contribution >= 4 is 21.5 Å². The first-order valence-electron chi connectivity index (χ1n) is 7.30. The van der Waals surface area contributed by atoms with Crippen molar-refractivity contribution in [3.8, 4) is 11.1 Å². The Morgan fingerprint density at radius 1 is 0.571 bits per heavy atom. The number of hydrogen-bond donors (Lipinski definition) is 0. The van der Waals surface area contributed by atoms with Crippen LogP contribution in [0.25, 0.3) is 32.7 Å². The molecule has 0 heteroatoms. The van der Waals surface area contributed by atoms with E-state index in [4.69, 9.17) is 0 Å². The van der Waals surface area contributed by atoms with E-state index in [9.17, 15) is 0 Å². The Kier molecular flexibility index (Phi) is 2.75. The van der Waals surface area contributed by atoms with E-state index < -0.39 is 0 Å². The lowest BCUT2D eigenvalue weighted by molar-refractivity contribution is 1.51. The lowest BCUT2D eigenvalue weighted by Gasteiger charge is -2.11. The molecule has 0 aliphatic carbocycles.